The first kappa shape index (κ1) is 47.6. The summed E-state index contributed by atoms with van der Waals surface area (Å²) < 4.78 is 23.6. The molecule has 15 heteroatoms. The third kappa shape index (κ3) is 9.90. The summed E-state index contributed by atoms with van der Waals surface area (Å²) in [7, 11) is 1.43. The van der Waals surface area contributed by atoms with Crippen LogP contribution >= 0.6 is 0 Å². The van der Waals surface area contributed by atoms with Gasteiger partial charge >= 0.3 is 11.8 Å². The SMILES string of the molecule is CCCCCC(C)O/N=C/c1c2c(O)c3c(O)c(C)c4c(c3c1O)C(=O)[C@@](C)(O/C=C/[C@H](OC)[C@@H](C)[C@@H](OC(C)=O)[C@H](C)[C@H](O)[C@H](C)[C@@H](O)[C@@H](C)/C=C/C=C(/C)C(=O)N2)O4. The molecular formula is C45H62N2O13. The van der Waals surface area contributed by atoms with Crippen LogP contribution in [0.2, 0.25) is 0 Å². The lowest BCUT2D eigenvalue weighted by Crippen LogP contribution is -2.46. The normalized spacial score (nSPS) is 30.3. The molecule has 3 aliphatic heterocycles. The van der Waals surface area contributed by atoms with Crippen molar-refractivity contribution in [3.8, 4) is 23.0 Å². The third-order valence-corrected chi connectivity index (χ3v) is 11.7. The molecule has 3 aliphatic rings. The van der Waals surface area contributed by atoms with E-state index in [1.165, 1.54) is 53.2 Å². The Morgan fingerprint density at radius 2 is 1.67 bits per heavy atom. The average Bonchev–Trinajstić information content (AvgIpc) is 3.47. The Balaban J connectivity index is 1.95. The number of phenolic OH excluding ortho intramolecular Hbond substituents is 3. The van der Waals surface area contributed by atoms with E-state index in [-0.39, 0.29) is 50.6 Å². The van der Waals surface area contributed by atoms with Crippen molar-refractivity contribution in [1.29, 1.82) is 0 Å². The van der Waals surface area contributed by atoms with Crippen molar-refractivity contribution < 1.29 is 63.7 Å². The number of hydrogen-bond donors (Lipinski definition) is 6. The van der Waals surface area contributed by atoms with Crippen molar-refractivity contribution >= 4 is 40.3 Å². The Labute approximate surface area is 351 Å². The van der Waals surface area contributed by atoms with E-state index in [2.05, 4.69) is 17.4 Å². The highest BCUT2D eigenvalue weighted by atomic mass is 16.7. The predicted octanol–water partition coefficient (Wildman–Crippen LogP) is 7.07. The minimum Gasteiger partial charge on any atom is -0.507 e. The Bertz CT molecular complexity index is 2040. The number of allylic oxidation sites excluding steroid dienone is 2. The number of aliphatic hydroxyl groups is 2. The number of unbranched alkanes of at least 4 members (excludes halogenated alkanes) is 2. The molecule has 3 heterocycles. The van der Waals surface area contributed by atoms with Gasteiger partial charge in [-0.05, 0) is 39.7 Å². The largest absolute Gasteiger partial charge is 0.507 e. The van der Waals surface area contributed by atoms with E-state index in [0.717, 1.165) is 25.5 Å². The molecule has 10 atom stereocenters. The molecule has 1 amide bonds. The summed E-state index contributed by atoms with van der Waals surface area (Å²) in [5.74, 6) is -8.58. The van der Waals surface area contributed by atoms with Crippen LogP contribution < -0.4 is 10.1 Å². The molecule has 0 radical (unpaired) electrons. The third-order valence-electron chi connectivity index (χ3n) is 11.7. The number of aromatic hydroxyl groups is 3. The number of benzene rings is 2. The van der Waals surface area contributed by atoms with Crippen LogP contribution in [-0.2, 0) is 28.6 Å². The molecule has 15 nitrogen and oxygen atoms in total. The topological polar surface area (TPSA) is 223 Å². The summed E-state index contributed by atoms with van der Waals surface area (Å²) in [4.78, 5) is 46.1. The quantitative estimate of drug-likeness (QED) is 0.0372. The second-order valence-corrected chi connectivity index (χ2v) is 16.3. The molecule has 0 spiro atoms. The van der Waals surface area contributed by atoms with Crippen molar-refractivity contribution in [1.82, 2.24) is 0 Å². The number of anilines is 1. The van der Waals surface area contributed by atoms with Gasteiger partial charge < -0.3 is 54.6 Å². The molecule has 0 fully saturated rings. The highest BCUT2D eigenvalue weighted by Crippen LogP contribution is 2.55. The number of ether oxygens (including phenoxy) is 4. The second-order valence-electron chi connectivity index (χ2n) is 16.3. The standard InChI is InChI=1S/C45H62N2O13/c1-12-13-14-18-24(4)60-46-21-30-35-40(53)33-32(39(30)52)34-42(28(8)38(33)51)59-45(10,43(34)54)57-20-19-31(56-11)25(5)41(58-29(9)48)27(7)37(50)26(6)36(49)22(2)16-15-17-23(3)44(55)47-35/h15-17,19-22,24-27,31,36-37,41,49-53H,12-14,18H2,1-11H3,(H,47,55)/b16-15+,20-19+,23-17-,46-21+/t22-,24?,25+,26+,27+,31-,36-,37+,41+,45-/m0/s1. The average molecular weight is 839 g/mol. The first-order valence-corrected chi connectivity index (χ1v) is 20.5. The first-order valence-electron chi connectivity index (χ1n) is 20.5. The van der Waals surface area contributed by atoms with Gasteiger partial charge in [-0.2, -0.15) is 0 Å². The number of rotatable bonds is 9. The maximum absolute atomic E-state index is 14.4. The number of oxime groups is 1. The molecule has 0 aliphatic carbocycles. The van der Waals surface area contributed by atoms with Gasteiger partial charge in [-0.25, -0.2) is 0 Å². The fourth-order valence-electron chi connectivity index (χ4n) is 7.79. The van der Waals surface area contributed by atoms with Crippen LogP contribution in [0.1, 0.15) is 109 Å². The summed E-state index contributed by atoms with van der Waals surface area (Å²) in [6, 6.07) is 0. The van der Waals surface area contributed by atoms with Crippen molar-refractivity contribution in [2.24, 2.45) is 28.8 Å². The van der Waals surface area contributed by atoms with Gasteiger partial charge in [0, 0.05) is 61.2 Å². The van der Waals surface area contributed by atoms with E-state index in [4.69, 9.17) is 23.8 Å². The number of hydrogen-bond acceptors (Lipinski definition) is 14. The van der Waals surface area contributed by atoms with Crippen LogP contribution in [0.5, 0.6) is 23.0 Å². The Kier molecular flexibility index (Phi) is 15.8. The molecule has 6 N–H and O–H groups in total. The van der Waals surface area contributed by atoms with Crippen LogP contribution in [-0.4, -0.2) is 92.8 Å². The van der Waals surface area contributed by atoms with Gasteiger partial charge in [0.15, 0.2) is 5.75 Å². The first-order chi connectivity index (χ1) is 28.2. The lowest BCUT2D eigenvalue weighted by molar-refractivity contribution is -0.160. The number of carbonyl (C=O) groups excluding carboxylic acids is 3. The van der Waals surface area contributed by atoms with Crippen LogP contribution in [0.3, 0.4) is 0 Å². The van der Waals surface area contributed by atoms with Gasteiger partial charge in [-0.3, -0.25) is 14.4 Å². The molecule has 2 aromatic carbocycles. The number of carbonyl (C=O) groups is 3. The summed E-state index contributed by atoms with van der Waals surface area (Å²) in [6.07, 6.45) is 7.90. The summed E-state index contributed by atoms with van der Waals surface area (Å²) in [5, 5.41) is 64.4. The maximum atomic E-state index is 14.4. The monoisotopic (exact) mass is 838 g/mol. The number of amides is 1. The Hall–Kier alpha value is -5.12. The summed E-state index contributed by atoms with van der Waals surface area (Å²) in [5.41, 5.74) is -0.565. The molecule has 330 valence electrons. The van der Waals surface area contributed by atoms with Gasteiger partial charge in [0.25, 0.3) is 11.7 Å². The van der Waals surface area contributed by atoms with Crippen molar-refractivity contribution in [2.45, 2.75) is 131 Å². The van der Waals surface area contributed by atoms with Crippen molar-refractivity contribution in [2.75, 3.05) is 12.4 Å². The smallest absolute Gasteiger partial charge is 0.312 e. The lowest BCUT2D eigenvalue weighted by Gasteiger charge is -2.38. The van der Waals surface area contributed by atoms with Crippen LogP contribution in [0.25, 0.3) is 10.8 Å². The van der Waals surface area contributed by atoms with E-state index in [1.54, 1.807) is 39.8 Å². The Morgan fingerprint density at radius 1 is 0.983 bits per heavy atom. The van der Waals surface area contributed by atoms with Gasteiger partial charge in [-0.1, -0.05) is 70.8 Å². The number of phenols is 3. The zero-order chi connectivity index (χ0) is 44.8. The number of aliphatic hydroxyl groups excluding tert-OH is 2. The van der Waals surface area contributed by atoms with Gasteiger partial charge in [0.1, 0.15) is 29.5 Å². The van der Waals surface area contributed by atoms with E-state index in [0.29, 0.717) is 6.42 Å². The van der Waals surface area contributed by atoms with Crippen LogP contribution in [0, 0.1) is 30.6 Å². The molecule has 0 aromatic heterocycles. The number of nitrogens with one attached hydrogen (secondary N) is 1. The Morgan fingerprint density at radius 3 is 2.30 bits per heavy atom. The molecular weight excluding hydrogens is 776 g/mol. The van der Waals surface area contributed by atoms with Crippen molar-refractivity contribution in [3.63, 3.8) is 0 Å². The fraction of sp³-hybridized carbons (Fsp3) is 0.556. The highest BCUT2D eigenvalue weighted by molar-refractivity contribution is 6.23. The number of fused-ring (bicyclic) bond motifs is 14. The number of methoxy groups -OCH3 is 1. The molecule has 2 aromatic rings. The molecule has 0 saturated heterocycles. The van der Waals surface area contributed by atoms with E-state index >= 15 is 0 Å². The minimum absolute atomic E-state index is 0.0391. The zero-order valence-electron chi connectivity index (χ0n) is 36.4. The lowest BCUT2D eigenvalue weighted by atomic mass is 9.78. The van der Waals surface area contributed by atoms with Crippen LogP contribution in [0.4, 0.5) is 5.69 Å². The van der Waals surface area contributed by atoms with Crippen LogP contribution in [0.15, 0.2) is 41.3 Å². The number of Topliss-reactive ketones (excluding diaryl/α,β-unsaturated/α-hetero) is 1. The van der Waals surface area contributed by atoms with E-state index in [9.17, 15) is 39.9 Å². The van der Waals surface area contributed by atoms with Crippen molar-refractivity contribution in [3.05, 3.63) is 52.8 Å². The van der Waals surface area contributed by atoms with E-state index in [1.807, 2.05) is 6.92 Å². The second kappa shape index (κ2) is 20.0. The maximum Gasteiger partial charge on any atom is 0.312 e. The van der Waals surface area contributed by atoms with Gasteiger partial charge in [0.2, 0.25) is 0 Å². The molecule has 5 rings (SSSR count). The zero-order valence-corrected chi connectivity index (χ0v) is 36.4. The highest BCUT2D eigenvalue weighted by Gasteiger charge is 2.50. The molecule has 60 heavy (non-hydrogen) atoms. The molecule has 5 bridgehead atoms. The minimum atomic E-state index is -2.06. The number of ketones is 1. The predicted molar refractivity (Wildman–Crippen MR) is 226 cm³/mol. The summed E-state index contributed by atoms with van der Waals surface area (Å²) >= 11 is 0. The molecule has 1 unspecified atom stereocenters. The van der Waals surface area contributed by atoms with Gasteiger partial charge in [0.05, 0.1) is 53.0 Å². The fourth-order valence-corrected chi connectivity index (χ4v) is 7.79. The number of esters is 1. The van der Waals surface area contributed by atoms with E-state index < -0.39 is 88.8 Å². The summed E-state index contributed by atoms with van der Waals surface area (Å²) in [6.45, 7) is 16.4. The number of nitrogens with zero attached hydrogens (tertiary/aromatic N) is 1. The molecule has 0 saturated carbocycles. The van der Waals surface area contributed by atoms with Gasteiger partial charge in [-0.15, -0.1) is 0 Å².